The zero-order valence-electron chi connectivity index (χ0n) is 17.9. The summed E-state index contributed by atoms with van der Waals surface area (Å²) in [6, 6.07) is 11.5. The number of aryl methyl sites for hydroxylation is 2. The summed E-state index contributed by atoms with van der Waals surface area (Å²) in [5.41, 5.74) is 2.99. The second kappa shape index (κ2) is 11.7. The molecule has 0 aliphatic rings. The lowest BCUT2D eigenvalue weighted by Crippen LogP contribution is -2.28. The predicted octanol–water partition coefficient (Wildman–Crippen LogP) is 2.86. The van der Waals surface area contributed by atoms with Gasteiger partial charge in [0.05, 0.1) is 34.3 Å². The van der Waals surface area contributed by atoms with Crippen LogP contribution in [0.25, 0.3) is 0 Å². The zero-order valence-corrected chi connectivity index (χ0v) is 17.9. The SMILES string of the molecule is COc1cc(CC(=O)OCCNC(=O)CCc2ccc(C)cc2)cc(OC)c1OC. The highest BCUT2D eigenvalue weighted by molar-refractivity contribution is 5.76. The normalized spacial score (nSPS) is 10.3. The predicted molar refractivity (Wildman–Crippen MR) is 113 cm³/mol. The molecule has 0 unspecified atom stereocenters. The molecule has 2 rings (SSSR count). The Bertz CT molecular complexity index is 822. The topological polar surface area (TPSA) is 83.1 Å². The number of hydrogen-bond donors (Lipinski definition) is 1. The molecule has 0 aliphatic heterocycles. The van der Waals surface area contributed by atoms with Crippen molar-refractivity contribution in [2.45, 2.75) is 26.2 Å². The van der Waals surface area contributed by atoms with E-state index in [2.05, 4.69) is 5.32 Å². The van der Waals surface area contributed by atoms with E-state index >= 15 is 0 Å². The molecule has 0 radical (unpaired) electrons. The van der Waals surface area contributed by atoms with E-state index in [1.165, 1.54) is 26.9 Å². The van der Waals surface area contributed by atoms with Crippen LogP contribution in [0.3, 0.4) is 0 Å². The van der Waals surface area contributed by atoms with Crippen molar-refractivity contribution in [1.82, 2.24) is 5.32 Å². The van der Waals surface area contributed by atoms with Gasteiger partial charge in [0, 0.05) is 6.42 Å². The quantitative estimate of drug-likeness (QED) is 0.449. The molecule has 7 heteroatoms. The van der Waals surface area contributed by atoms with Crippen molar-refractivity contribution >= 4 is 11.9 Å². The van der Waals surface area contributed by atoms with Crippen LogP contribution in [-0.2, 0) is 27.2 Å². The summed E-state index contributed by atoms with van der Waals surface area (Å²) >= 11 is 0. The highest BCUT2D eigenvalue weighted by Crippen LogP contribution is 2.38. The van der Waals surface area contributed by atoms with Crippen LogP contribution in [0.2, 0.25) is 0 Å². The Balaban J connectivity index is 1.73. The van der Waals surface area contributed by atoms with Gasteiger partial charge in [-0.25, -0.2) is 0 Å². The fourth-order valence-corrected chi connectivity index (χ4v) is 2.91. The molecule has 1 amide bonds. The van der Waals surface area contributed by atoms with E-state index in [0.717, 1.165) is 5.56 Å². The van der Waals surface area contributed by atoms with Crippen LogP contribution in [0.4, 0.5) is 0 Å². The third-order valence-electron chi connectivity index (χ3n) is 4.52. The first kappa shape index (κ1) is 23.1. The number of rotatable bonds is 11. The molecule has 0 saturated heterocycles. The summed E-state index contributed by atoms with van der Waals surface area (Å²) in [6.07, 6.45) is 1.12. The molecule has 0 saturated carbocycles. The van der Waals surface area contributed by atoms with Crippen molar-refractivity contribution in [2.75, 3.05) is 34.5 Å². The van der Waals surface area contributed by atoms with Gasteiger partial charge in [0.2, 0.25) is 11.7 Å². The smallest absolute Gasteiger partial charge is 0.310 e. The number of benzene rings is 2. The molecule has 2 aromatic rings. The standard InChI is InChI=1S/C23H29NO6/c1-16-5-7-17(8-6-16)9-10-21(25)24-11-12-30-22(26)15-18-13-19(27-2)23(29-4)20(14-18)28-3/h5-8,13-14H,9-12,15H2,1-4H3,(H,24,25). The minimum Gasteiger partial charge on any atom is -0.493 e. The molecule has 30 heavy (non-hydrogen) atoms. The Morgan fingerprint density at radius 2 is 1.53 bits per heavy atom. The van der Waals surface area contributed by atoms with Gasteiger partial charge in [-0.3, -0.25) is 9.59 Å². The molecule has 1 N–H and O–H groups in total. The van der Waals surface area contributed by atoms with Gasteiger partial charge in [-0.15, -0.1) is 0 Å². The molecule has 0 bridgehead atoms. The van der Waals surface area contributed by atoms with Crippen LogP contribution in [0.15, 0.2) is 36.4 Å². The minimum absolute atomic E-state index is 0.0537. The monoisotopic (exact) mass is 415 g/mol. The lowest BCUT2D eigenvalue weighted by molar-refractivity contribution is -0.143. The van der Waals surface area contributed by atoms with Crippen molar-refractivity contribution in [3.8, 4) is 17.2 Å². The van der Waals surface area contributed by atoms with E-state index in [1.807, 2.05) is 31.2 Å². The van der Waals surface area contributed by atoms with Crippen molar-refractivity contribution in [3.63, 3.8) is 0 Å². The number of carbonyl (C=O) groups is 2. The number of methoxy groups -OCH3 is 3. The lowest BCUT2D eigenvalue weighted by atomic mass is 10.1. The Labute approximate surface area is 177 Å². The number of nitrogens with one attached hydrogen (secondary N) is 1. The van der Waals surface area contributed by atoms with Crippen molar-refractivity contribution < 1.29 is 28.5 Å². The summed E-state index contributed by atoms with van der Waals surface area (Å²) in [7, 11) is 4.55. The molecular formula is C23H29NO6. The van der Waals surface area contributed by atoms with Gasteiger partial charge < -0.3 is 24.3 Å². The number of carbonyl (C=O) groups excluding carboxylic acids is 2. The molecule has 0 aliphatic carbocycles. The summed E-state index contributed by atoms with van der Waals surface area (Å²) < 4.78 is 21.0. The maximum absolute atomic E-state index is 12.1. The summed E-state index contributed by atoms with van der Waals surface area (Å²) in [5, 5.41) is 2.76. The van der Waals surface area contributed by atoms with Gasteiger partial charge in [0.15, 0.2) is 11.5 Å². The van der Waals surface area contributed by atoms with E-state index in [4.69, 9.17) is 18.9 Å². The molecule has 0 fully saturated rings. The van der Waals surface area contributed by atoms with Gasteiger partial charge in [0.1, 0.15) is 6.61 Å². The van der Waals surface area contributed by atoms with E-state index in [0.29, 0.717) is 35.7 Å². The third-order valence-corrected chi connectivity index (χ3v) is 4.52. The highest BCUT2D eigenvalue weighted by atomic mass is 16.5. The van der Waals surface area contributed by atoms with Crippen LogP contribution in [-0.4, -0.2) is 46.4 Å². The summed E-state index contributed by atoms with van der Waals surface area (Å²) in [5.74, 6) is 0.931. The van der Waals surface area contributed by atoms with E-state index < -0.39 is 5.97 Å². The molecule has 2 aromatic carbocycles. The van der Waals surface area contributed by atoms with Crippen LogP contribution in [0, 0.1) is 6.92 Å². The Morgan fingerprint density at radius 3 is 2.10 bits per heavy atom. The number of amides is 1. The van der Waals surface area contributed by atoms with Gasteiger partial charge in [-0.05, 0) is 36.6 Å². The molecule has 162 valence electrons. The molecule has 0 heterocycles. The maximum atomic E-state index is 12.1. The number of esters is 1. The minimum atomic E-state index is -0.404. The zero-order chi connectivity index (χ0) is 21.9. The van der Waals surface area contributed by atoms with E-state index in [-0.39, 0.29) is 25.5 Å². The van der Waals surface area contributed by atoms with E-state index in [1.54, 1.807) is 12.1 Å². The third kappa shape index (κ3) is 6.99. The number of ether oxygens (including phenoxy) is 4. The Morgan fingerprint density at radius 1 is 0.900 bits per heavy atom. The van der Waals surface area contributed by atoms with Gasteiger partial charge in [-0.1, -0.05) is 29.8 Å². The first-order chi connectivity index (χ1) is 14.5. The van der Waals surface area contributed by atoms with Crippen LogP contribution in [0.5, 0.6) is 17.2 Å². The van der Waals surface area contributed by atoms with Gasteiger partial charge in [-0.2, -0.15) is 0 Å². The Kier molecular flexibility index (Phi) is 9.00. The average Bonchev–Trinajstić information content (AvgIpc) is 2.75. The molecule has 7 nitrogen and oxygen atoms in total. The fraction of sp³-hybridized carbons (Fsp3) is 0.391. The summed E-state index contributed by atoms with van der Waals surface area (Å²) in [4.78, 5) is 24.0. The molecule has 0 atom stereocenters. The second-order valence-electron chi connectivity index (χ2n) is 6.77. The first-order valence-corrected chi connectivity index (χ1v) is 9.73. The van der Waals surface area contributed by atoms with Gasteiger partial charge in [0.25, 0.3) is 0 Å². The van der Waals surface area contributed by atoms with Gasteiger partial charge >= 0.3 is 5.97 Å². The molecule has 0 aromatic heterocycles. The largest absolute Gasteiger partial charge is 0.493 e. The van der Waals surface area contributed by atoms with Crippen LogP contribution < -0.4 is 19.5 Å². The lowest BCUT2D eigenvalue weighted by Gasteiger charge is -2.14. The average molecular weight is 415 g/mol. The number of hydrogen-bond acceptors (Lipinski definition) is 6. The molecular weight excluding hydrogens is 386 g/mol. The summed E-state index contributed by atoms with van der Waals surface area (Å²) in [6.45, 7) is 2.41. The van der Waals surface area contributed by atoms with Crippen molar-refractivity contribution in [3.05, 3.63) is 53.1 Å². The molecule has 0 spiro atoms. The van der Waals surface area contributed by atoms with E-state index in [9.17, 15) is 9.59 Å². The van der Waals surface area contributed by atoms with Crippen molar-refractivity contribution in [1.29, 1.82) is 0 Å². The van der Waals surface area contributed by atoms with Crippen molar-refractivity contribution in [2.24, 2.45) is 0 Å². The fourth-order valence-electron chi connectivity index (χ4n) is 2.91. The second-order valence-corrected chi connectivity index (χ2v) is 6.77. The Hall–Kier alpha value is -3.22. The van der Waals surface area contributed by atoms with Crippen LogP contribution >= 0.6 is 0 Å². The highest BCUT2D eigenvalue weighted by Gasteiger charge is 2.15. The van der Waals surface area contributed by atoms with Crippen LogP contribution in [0.1, 0.15) is 23.1 Å². The first-order valence-electron chi connectivity index (χ1n) is 9.73. The maximum Gasteiger partial charge on any atom is 0.310 e.